The molecule has 0 aromatic carbocycles. The van der Waals surface area contributed by atoms with Gasteiger partial charge in [0.1, 0.15) is 11.3 Å². The molecule has 0 aliphatic carbocycles. The number of aromatic amines is 1. The van der Waals surface area contributed by atoms with E-state index in [2.05, 4.69) is 19.9 Å². The number of fused-ring (bicyclic) bond motifs is 1. The Morgan fingerprint density at radius 1 is 1.28 bits per heavy atom. The van der Waals surface area contributed by atoms with Crippen LogP contribution in [0.25, 0.3) is 11.2 Å². The summed E-state index contributed by atoms with van der Waals surface area (Å²) in [4.78, 5) is 26.7. The highest BCUT2D eigenvalue weighted by Crippen LogP contribution is 2.18. The summed E-state index contributed by atoms with van der Waals surface area (Å²) in [7, 11) is 0. The van der Waals surface area contributed by atoms with E-state index in [-0.39, 0.29) is 11.5 Å². The molecule has 2 heterocycles. The molecule has 0 saturated carbocycles. The maximum atomic E-state index is 11.2. The summed E-state index contributed by atoms with van der Waals surface area (Å²) < 4.78 is 0. The number of hydrogen-bond acceptors (Lipinski definition) is 4. The Kier molecular flexibility index (Phi) is 4.95. The van der Waals surface area contributed by atoms with Crippen molar-refractivity contribution in [2.45, 2.75) is 47.0 Å². The lowest BCUT2D eigenvalue weighted by molar-refractivity contribution is 0.795. The second-order valence-corrected chi connectivity index (χ2v) is 3.98. The molecule has 0 amide bonds. The van der Waals surface area contributed by atoms with Crippen molar-refractivity contribution in [3.63, 3.8) is 0 Å². The molecule has 0 aliphatic rings. The van der Waals surface area contributed by atoms with Gasteiger partial charge in [0.25, 0.3) is 5.56 Å². The monoisotopic (exact) mass is 248 g/mol. The predicted octanol–water partition coefficient (Wildman–Crippen LogP) is 2.43. The van der Waals surface area contributed by atoms with E-state index in [9.17, 15) is 4.79 Å². The van der Waals surface area contributed by atoms with Gasteiger partial charge in [-0.3, -0.25) is 4.79 Å². The summed E-state index contributed by atoms with van der Waals surface area (Å²) in [5.41, 5.74) is 1.85. The Labute approximate surface area is 107 Å². The second-order valence-electron chi connectivity index (χ2n) is 3.98. The molecule has 0 bridgehead atoms. The Balaban J connectivity index is 0.000000771. The van der Waals surface area contributed by atoms with Crippen molar-refractivity contribution in [3.8, 4) is 0 Å². The van der Waals surface area contributed by atoms with Crippen molar-refractivity contribution in [2.24, 2.45) is 0 Å². The van der Waals surface area contributed by atoms with Gasteiger partial charge in [-0.25, -0.2) is 15.0 Å². The van der Waals surface area contributed by atoms with Crippen molar-refractivity contribution < 1.29 is 0 Å². The molecule has 0 fully saturated rings. The van der Waals surface area contributed by atoms with E-state index < -0.39 is 0 Å². The van der Waals surface area contributed by atoms with Gasteiger partial charge in [0.15, 0.2) is 5.65 Å². The number of H-pyrrole nitrogens is 1. The minimum Gasteiger partial charge on any atom is -0.316 e. The van der Waals surface area contributed by atoms with Gasteiger partial charge < -0.3 is 4.98 Å². The fourth-order valence-electron chi connectivity index (χ4n) is 1.58. The van der Waals surface area contributed by atoms with Crippen molar-refractivity contribution in [2.75, 3.05) is 0 Å². The first kappa shape index (κ1) is 14.3. The van der Waals surface area contributed by atoms with Gasteiger partial charge in [-0.15, -0.1) is 0 Å². The third-order valence-corrected chi connectivity index (χ3v) is 2.38. The van der Waals surface area contributed by atoms with Crippen LogP contribution in [0.15, 0.2) is 11.0 Å². The lowest BCUT2D eigenvalue weighted by Gasteiger charge is -2.09. The average Bonchev–Trinajstić information content (AvgIpc) is 2.39. The van der Waals surface area contributed by atoms with Crippen LogP contribution in [-0.4, -0.2) is 19.9 Å². The summed E-state index contributed by atoms with van der Waals surface area (Å²) in [6.07, 6.45) is 2.01. The van der Waals surface area contributed by atoms with Crippen molar-refractivity contribution in [1.82, 2.24) is 19.9 Å². The number of nitrogens with zero attached hydrogens (tertiary/aromatic N) is 3. The normalized spacial score (nSPS) is 10.3. The molecule has 5 heteroatoms. The van der Waals surface area contributed by atoms with E-state index in [1.807, 2.05) is 34.6 Å². The quantitative estimate of drug-likeness (QED) is 0.886. The van der Waals surface area contributed by atoms with E-state index in [1.54, 1.807) is 0 Å². The van der Waals surface area contributed by atoms with Crippen LogP contribution in [-0.2, 0) is 6.42 Å². The van der Waals surface area contributed by atoms with Gasteiger partial charge in [0.2, 0.25) is 0 Å². The molecule has 0 saturated heterocycles. The minimum absolute atomic E-state index is 0.220. The van der Waals surface area contributed by atoms with Crippen LogP contribution in [0.3, 0.4) is 0 Å². The van der Waals surface area contributed by atoms with Crippen LogP contribution in [0, 0.1) is 0 Å². The Hall–Kier alpha value is -1.78. The first-order valence-electron chi connectivity index (χ1n) is 6.37. The van der Waals surface area contributed by atoms with Crippen LogP contribution in [0.1, 0.15) is 52.1 Å². The highest BCUT2D eigenvalue weighted by molar-refractivity contribution is 5.72. The van der Waals surface area contributed by atoms with E-state index in [0.29, 0.717) is 11.2 Å². The zero-order valence-electron chi connectivity index (χ0n) is 11.6. The maximum absolute atomic E-state index is 11.2. The van der Waals surface area contributed by atoms with E-state index >= 15 is 0 Å². The Morgan fingerprint density at radius 2 is 1.94 bits per heavy atom. The van der Waals surface area contributed by atoms with Gasteiger partial charge >= 0.3 is 0 Å². The summed E-state index contributed by atoms with van der Waals surface area (Å²) in [5.74, 6) is 0.992. The first-order chi connectivity index (χ1) is 8.61. The van der Waals surface area contributed by atoms with E-state index in [1.165, 1.54) is 6.20 Å². The SMILES string of the molecule is CC.CCc1nc(C(C)C)c2[nH]c(=O)cnc2n1. The summed E-state index contributed by atoms with van der Waals surface area (Å²) in [5, 5.41) is 0. The van der Waals surface area contributed by atoms with Crippen LogP contribution in [0.5, 0.6) is 0 Å². The largest absolute Gasteiger partial charge is 0.316 e. The number of aryl methyl sites for hydroxylation is 1. The third kappa shape index (κ3) is 2.91. The maximum Gasteiger partial charge on any atom is 0.267 e. The lowest BCUT2D eigenvalue weighted by atomic mass is 10.1. The van der Waals surface area contributed by atoms with Gasteiger partial charge in [0, 0.05) is 6.42 Å². The molecule has 5 nitrogen and oxygen atoms in total. The minimum atomic E-state index is -0.220. The fraction of sp³-hybridized carbons (Fsp3) is 0.538. The van der Waals surface area contributed by atoms with Gasteiger partial charge in [-0.1, -0.05) is 34.6 Å². The predicted molar refractivity (Wildman–Crippen MR) is 72.8 cm³/mol. The second kappa shape index (κ2) is 6.23. The topological polar surface area (TPSA) is 71.5 Å². The smallest absolute Gasteiger partial charge is 0.267 e. The van der Waals surface area contributed by atoms with Crippen molar-refractivity contribution in [1.29, 1.82) is 0 Å². The molecule has 0 unspecified atom stereocenters. The number of nitrogens with one attached hydrogen (secondary N) is 1. The van der Waals surface area contributed by atoms with Gasteiger partial charge in [0.05, 0.1) is 11.9 Å². The molecule has 1 N–H and O–H groups in total. The summed E-state index contributed by atoms with van der Waals surface area (Å²) in [6.45, 7) is 10.1. The molecule has 2 aromatic heterocycles. The number of aromatic nitrogens is 4. The fourth-order valence-corrected chi connectivity index (χ4v) is 1.58. The zero-order chi connectivity index (χ0) is 13.7. The summed E-state index contributed by atoms with van der Waals surface area (Å²) in [6, 6.07) is 0. The van der Waals surface area contributed by atoms with Crippen LogP contribution in [0.4, 0.5) is 0 Å². The molecule has 18 heavy (non-hydrogen) atoms. The van der Waals surface area contributed by atoms with Crippen LogP contribution in [0.2, 0.25) is 0 Å². The van der Waals surface area contributed by atoms with Crippen molar-refractivity contribution in [3.05, 3.63) is 28.1 Å². The van der Waals surface area contributed by atoms with Crippen LogP contribution < -0.4 is 5.56 Å². The third-order valence-electron chi connectivity index (χ3n) is 2.38. The lowest BCUT2D eigenvalue weighted by Crippen LogP contribution is -2.11. The number of hydrogen-bond donors (Lipinski definition) is 1. The molecular weight excluding hydrogens is 228 g/mol. The van der Waals surface area contributed by atoms with E-state index in [4.69, 9.17) is 0 Å². The summed E-state index contributed by atoms with van der Waals surface area (Å²) >= 11 is 0. The molecule has 0 spiro atoms. The van der Waals surface area contributed by atoms with E-state index in [0.717, 1.165) is 17.9 Å². The van der Waals surface area contributed by atoms with Crippen molar-refractivity contribution >= 4 is 11.2 Å². The van der Waals surface area contributed by atoms with Crippen LogP contribution >= 0.6 is 0 Å². The standard InChI is InChI=1S/C11H14N4O.C2H6/c1-4-7-13-9(6(2)3)10-11(14-7)12-5-8(16)15-10;1-2/h5-6H,4H2,1-3H3,(H,15,16);1-2H3. The molecule has 0 radical (unpaired) electrons. The highest BCUT2D eigenvalue weighted by Gasteiger charge is 2.11. The Morgan fingerprint density at radius 3 is 2.50 bits per heavy atom. The molecular formula is C13H20N4O. The first-order valence-corrected chi connectivity index (χ1v) is 6.37. The Bertz CT molecular complexity index is 575. The van der Waals surface area contributed by atoms with Gasteiger partial charge in [-0.2, -0.15) is 0 Å². The molecule has 2 aromatic rings. The number of rotatable bonds is 2. The molecule has 0 aliphatic heterocycles. The molecule has 98 valence electrons. The molecule has 0 atom stereocenters. The zero-order valence-corrected chi connectivity index (χ0v) is 11.6. The van der Waals surface area contributed by atoms with Gasteiger partial charge in [-0.05, 0) is 5.92 Å². The molecule has 2 rings (SSSR count). The average molecular weight is 248 g/mol. The highest BCUT2D eigenvalue weighted by atomic mass is 16.1.